The molecule has 0 aromatic carbocycles. The summed E-state index contributed by atoms with van der Waals surface area (Å²) >= 11 is 0. The van der Waals surface area contributed by atoms with E-state index in [1.165, 1.54) is 0 Å². The van der Waals surface area contributed by atoms with Crippen molar-refractivity contribution in [3.63, 3.8) is 0 Å². The second-order valence-corrected chi connectivity index (χ2v) is 5.65. The molecule has 0 unspecified atom stereocenters. The zero-order chi connectivity index (χ0) is 12.6. The SMILES string of the molecule is C[C@H](O)C=C=C1C(C)(C)C[C@H](O)C[C@@]1(C)O. The van der Waals surface area contributed by atoms with E-state index in [0.717, 1.165) is 5.57 Å². The molecule has 0 aromatic heterocycles. The van der Waals surface area contributed by atoms with Gasteiger partial charge in [0.1, 0.15) is 0 Å². The Labute approximate surface area is 97.1 Å². The summed E-state index contributed by atoms with van der Waals surface area (Å²) in [6.45, 7) is 7.28. The van der Waals surface area contributed by atoms with E-state index in [9.17, 15) is 15.3 Å². The van der Waals surface area contributed by atoms with Crippen molar-refractivity contribution < 1.29 is 15.3 Å². The van der Waals surface area contributed by atoms with Gasteiger partial charge in [0.2, 0.25) is 0 Å². The van der Waals surface area contributed by atoms with Gasteiger partial charge in [-0.15, -0.1) is 5.73 Å². The van der Waals surface area contributed by atoms with Crippen LogP contribution in [-0.2, 0) is 0 Å². The molecular weight excluding hydrogens is 204 g/mol. The van der Waals surface area contributed by atoms with Crippen molar-refractivity contribution in [3.05, 3.63) is 17.4 Å². The van der Waals surface area contributed by atoms with Crippen LogP contribution in [0.15, 0.2) is 17.4 Å². The van der Waals surface area contributed by atoms with Crippen LogP contribution in [0.1, 0.15) is 40.5 Å². The molecule has 92 valence electrons. The molecule has 3 heteroatoms. The molecule has 1 saturated carbocycles. The molecular formula is C13H22O3. The van der Waals surface area contributed by atoms with Crippen molar-refractivity contribution in [2.45, 2.75) is 58.3 Å². The second kappa shape index (κ2) is 4.34. The van der Waals surface area contributed by atoms with Gasteiger partial charge in [-0.05, 0) is 31.8 Å². The highest BCUT2D eigenvalue weighted by molar-refractivity contribution is 5.26. The lowest BCUT2D eigenvalue weighted by molar-refractivity contribution is -0.0268. The van der Waals surface area contributed by atoms with Gasteiger partial charge in [-0.2, -0.15) is 0 Å². The summed E-state index contributed by atoms with van der Waals surface area (Å²) < 4.78 is 0. The Balaban J connectivity index is 3.17. The van der Waals surface area contributed by atoms with E-state index in [1.54, 1.807) is 19.9 Å². The van der Waals surface area contributed by atoms with Crippen molar-refractivity contribution in [3.8, 4) is 0 Å². The maximum Gasteiger partial charge on any atom is 0.0931 e. The van der Waals surface area contributed by atoms with Crippen LogP contribution in [0.3, 0.4) is 0 Å². The zero-order valence-corrected chi connectivity index (χ0v) is 10.5. The van der Waals surface area contributed by atoms with Crippen LogP contribution in [0.5, 0.6) is 0 Å². The molecule has 1 aliphatic carbocycles. The molecule has 0 spiro atoms. The lowest BCUT2D eigenvalue weighted by Crippen LogP contribution is -2.45. The van der Waals surface area contributed by atoms with Gasteiger partial charge in [0.05, 0.1) is 17.8 Å². The molecule has 0 saturated heterocycles. The first-order valence-corrected chi connectivity index (χ1v) is 5.71. The lowest BCUT2D eigenvalue weighted by Gasteiger charge is -2.43. The van der Waals surface area contributed by atoms with Crippen molar-refractivity contribution in [1.29, 1.82) is 0 Å². The Morgan fingerprint density at radius 2 is 1.94 bits per heavy atom. The molecule has 0 heterocycles. The molecule has 1 fully saturated rings. The van der Waals surface area contributed by atoms with E-state index >= 15 is 0 Å². The molecule has 1 rings (SSSR count). The Hall–Kier alpha value is -0.600. The first-order chi connectivity index (χ1) is 7.15. The maximum atomic E-state index is 10.3. The summed E-state index contributed by atoms with van der Waals surface area (Å²) in [5.41, 5.74) is 2.41. The normalized spacial score (nSPS) is 35.4. The molecule has 0 amide bonds. The average Bonchev–Trinajstić information content (AvgIpc) is 1.96. The highest BCUT2D eigenvalue weighted by Gasteiger charge is 2.44. The van der Waals surface area contributed by atoms with Gasteiger partial charge in [-0.25, -0.2) is 0 Å². The van der Waals surface area contributed by atoms with Crippen molar-refractivity contribution in [1.82, 2.24) is 0 Å². The third kappa shape index (κ3) is 2.96. The standard InChI is InChI=1S/C13H22O3/c1-9(14)5-6-11-12(2,3)7-10(15)8-13(11,4)16/h5,9-10,14-16H,7-8H2,1-4H3/t6?,9-,10-,13+/m0/s1. The van der Waals surface area contributed by atoms with E-state index in [-0.39, 0.29) is 5.41 Å². The number of aliphatic hydroxyl groups excluding tert-OH is 2. The minimum absolute atomic E-state index is 0.299. The monoisotopic (exact) mass is 226 g/mol. The Kier molecular flexibility index (Phi) is 3.65. The summed E-state index contributed by atoms with van der Waals surface area (Å²) in [6.07, 6.45) is 1.42. The van der Waals surface area contributed by atoms with Gasteiger partial charge in [-0.3, -0.25) is 0 Å². The van der Waals surface area contributed by atoms with Gasteiger partial charge in [0.25, 0.3) is 0 Å². The summed E-state index contributed by atoms with van der Waals surface area (Å²) in [5.74, 6) is 0. The molecule has 3 atom stereocenters. The molecule has 0 radical (unpaired) electrons. The summed E-state index contributed by atoms with van der Waals surface area (Å²) in [7, 11) is 0. The van der Waals surface area contributed by atoms with E-state index in [0.29, 0.717) is 12.8 Å². The van der Waals surface area contributed by atoms with E-state index in [1.807, 2.05) is 13.8 Å². The predicted octanol–water partition coefficient (Wildman–Crippen LogP) is 1.38. The number of hydrogen-bond donors (Lipinski definition) is 3. The van der Waals surface area contributed by atoms with Crippen molar-refractivity contribution >= 4 is 0 Å². The summed E-state index contributed by atoms with van der Waals surface area (Å²) in [6, 6.07) is 0. The Morgan fingerprint density at radius 1 is 1.38 bits per heavy atom. The zero-order valence-electron chi connectivity index (χ0n) is 10.5. The van der Waals surface area contributed by atoms with Crippen molar-refractivity contribution in [2.75, 3.05) is 0 Å². The summed E-state index contributed by atoms with van der Waals surface area (Å²) in [4.78, 5) is 0. The van der Waals surface area contributed by atoms with Crippen LogP contribution in [0, 0.1) is 5.41 Å². The molecule has 0 bridgehead atoms. The van der Waals surface area contributed by atoms with E-state index in [4.69, 9.17) is 0 Å². The first-order valence-electron chi connectivity index (χ1n) is 5.71. The summed E-state index contributed by atoms with van der Waals surface area (Å²) in [5, 5.41) is 29.2. The topological polar surface area (TPSA) is 60.7 Å². The van der Waals surface area contributed by atoms with E-state index < -0.39 is 17.8 Å². The first kappa shape index (κ1) is 13.5. The quantitative estimate of drug-likeness (QED) is 0.592. The Bertz CT molecular complexity index is 300. The average molecular weight is 226 g/mol. The fourth-order valence-corrected chi connectivity index (χ4v) is 2.61. The number of aliphatic hydroxyl groups is 3. The smallest absolute Gasteiger partial charge is 0.0931 e. The Morgan fingerprint density at radius 3 is 2.38 bits per heavy atom. The molecule has 3 nitrogen and oxygen atoms in total. The highest BCUT2D eigenvalue weighted by atomic mass is 16.3. The van der Waals surface area contributed by atoms with Gasteiger partial charge in [0.15, 0.2) is 0 Å². The van der Waals surface area contributed by atoms with Crippen LogP contribution in [0.4, 0.5) is 0 Å². The van der Waals surface area contributed by atoms with Crippen LogP contribution < -0.4 is 0 Å². The van der Waals surface area contributed by atoms with Crippen LogP contribution in [-0.4, -0.2) is 33.1 Å². The fraction of sp³-hybridized carbons (Fsp3) is 0.769. The highest BCUT2D eigenvalue weighted by Crippen LogP contribution is 2.45. The van der Waals surface area contributed by atoms with Crippen LogP contribution in [0.25, 0.3) is 0 Å². The molecule has 3 N–H and O–H groups in total. The second-order valence-electron chi connectivity index (χ2n) is 5.65. The lowest BCUT2D eigenvalue weighted by atomic mass is 9.65. The van der Waals surface area contributed by atoms with Gasteiger partial charge in [-0.1, -0.05) is 13.8 Å². The molecule has 0 aliphatic heterocycles. The van der Waals surface area contributed by atoms with Gasteiger partial charge in [0, 0.05) is 12.0 Å². The number of rotatable bonds is 1. The molecule has 16 heavy (non-hydrogen) atoms. The van der Waals surface area contributed by atoms with Crippen molar-refractivity contribution in [2.24, 2.45) is 5.41 Å². The van der Waals surface area contributed by atoms with Gasteiger partial charge < -0.3 is 15.3 Å². The minimum atomic E-state index is -1.05. The largest absolute Gasteiger partial charge is 0.393 e. The van der Waals surface area contributed by atoms with Crippen LogP contribution in [0.2, 0.25) is 0 Å². The van der Waals surface area contributed by atoms with E-state index in [2.05, 4.69) is 5.73 Å². The minimum Gasteiger partial charge on any atom is -0.393 e. The molecule has 1 aliphatic rings. The van der Waals surface area contributed by atoms with Gasteiger partial charge >= 0.3 is 0 Å². The predicted molar refractivity (Wildman–Crippen MR) is 62.9 cm³/mol. The maximum absolute atomic E-state index is 10.3. The third-order valence-electron chi connectivity index (χ3n) is 3.06. The number of hydrogen-bond acceptors (Lipinski definition) is 3. The third-order valence-corrected chi connectivity index (χ3v) is 3.06. The fourth-order valence-electron chi connectivity index (χ4n) is 2.61. The van der Waals surface area contributed by atoms with Crippen LogP contribution >= 0.6 is 0 Å². The molecule has 0 aromatic rings.